The van der Waals surface area contributed by atoms with E-state index >= 15 is 0 Å². The number of nitrogens with one attached hydrogen (secondary N) is 1. The minimum atomic E-state index is -0.809. The smallest absolute Gasteiger partial charge is 0.262 e. The number of fused-ring (bicyclic) bond motifs is 1. The molecule has 0 spiro atoms. The lowest BCUT2D eigenvalue weighted by Crippen LogP contribution is -2.53. The fourth-order valence-electron chi connectivity index (χ4n) is 4.35. The fraction of sp³-hybridized carbons (Fsp3) is 0.292. The van der Waals surface area contributed by atoms with E-state index in [0.717, 1.165) is 16.0 Å². The van der Waals surface area contributed by atoms with Crippen molar-refractivity contribution >= 4 is 28.9 Å². The largest absolute Gasteiger partial charge is 0.368 e. The molecule has 2 saturated heterocycles. The third-order valence-corrected chi connectivity index (χ3v) is 7.10. The van der Waals surface area contributed by atoms with Crippen LogP contribution in [0.4, 0.5) is 0 Å². The van der Waals surface area contributed by atoms with Gasteiger partial charge in [0.05, 0.1) is 11.0 Å². The molecule has 5 heterocycles. The predicted octanol–water partition coefficient (Wildman–Crippen LogP) is 2.12. The normalized spacial score (nSPS) is 20.5. The Morgan fingerprint density at radius 2 is 2.00 bits per heavy atom. The Balaban J connectivity index is 1.37. The molecule has 33 heavy (non-hydrogen) atoms. The molecule has 9 heteroatoms. The SMILES string of the molecule is O=C(NC(Cc1ccncc1)C(=O)N1CCC2OCC(=O)C21)c1ccc(-c2cccnc2)s1. The standard InChI is InChI=1S/C24H22N4O4S/c29-18-14-32-19-7-11-28(22(18)19)24(31)17(12-15-5-9-25-10-6-15)27-23(30)21-4-3-20(33-21)16-2-1-8-26-13-16/h1-6,8-10,13,17,19,22H,7,11-12,14H2,(H,27,30). The highest BCUT2D eigenvalue weighted by Gasteiger charge is 2.48. The van der Waals surface area contributed by atoms with E-state index in [2.05, 4.69) is 15.3 Å². The van der Waals surface area contributed by atoms with Crippen molar-refractivity contribution in [2.45, 2.75) is 31.0 Å². The molecule has 8 nitrogen and oxygen atoms in total. The summed E-state index contributed by atoms with van der Waals surface area (Å²) in [6, 6.07) is 9.65. The highest BCUT2D eigenvalue weighted by atomic mass is 32.1. The molecule has 3 atom stereocenters. The summed E-state index contributed by atoms with van der Waals surface area (Å²) in [6.45, 7) is 0.472. The van der Waals surface area contributed by atoms with Gasteiger partial charge >= 0.3 is 0 Å². The van der Waals surface area contributed by atoms with E-state index in [1.54, 1.807) is 35.8 Å². The second-order valence-electron chi connectivity index (χ2n) is 8.07. The van der Waals surface area contributed by atoms with Gasteiger partial charge in [-0.1, -0.05) is 6.07 Å². The Morgan fingerprint density at radius 1 is 1.15 bits per heavy atom. The number of pyridine rings is 2. The summed E-state index contributed by atoms with van der Waals surface area (Å²) in [5.74, 6) is -0.679. The van der Waals surface area contributed by atoms with Gasteiger partial charge in [0.2, 0.25) is 5.91 Å². The van der Waals surface area contributed by atoms with Crippen LogP contribution in [0.25, 0.3) is 10.4 Å². The van der Waals surface area contributed by atoms with Gasteiger partial charge in [-0.3, -0.25) is 24.4 Å². The molecule has 5 rings (SSSR count). The van der Waals surface area contributed by atoms with Crippen LogP contribution in [0, 0.1) is 0 Å². The number of ketones is 1. The number of likely N-dealkylation sites (tertiary alicyclic amines) is 1. The lowest BCUT2D eigenvalue weighted by Gasteiger charge is -2.27. The quantitative estimate of drug-likeness (QED) is 0.602. The van der Waals surface area contributed by atoms with Gasteiger partial charge in [-0.25, -0.2) is 0 Å². The fourth-order valence-corrected chi connectivity index (χ4v) is 5.25. The van der Waals surface area contributed by atoms with E-state index in [9.17, 15) is 14.4 Å². The number of hydrogen-bond donors (Lipinski definition) is 1. The highest BCUT2D eigenvalue weighted by Crippen LogP contribution is 2.29. The first kappa shape index (κ1) is 21.4. The van der Waals surface area contributed by atoms with E-state index < -0.39 is 12.1 Å². The number of Topliss-reactive ketones (excluding diaryl/α,β-unsaturated/α-hetero) is 1. The number of carbonyl (C=O) groups excluding carboxylic acids is 3. The van der Waals surface area contributed by atoms with Crippen LogP contribution in [0.3, 0.4) is 0 Å². The van der Waals surface area contributed by atoms with Crippen LogP contribution < -0.4 is 5.32 Å². The highest BCUT2D eigenvalue weighted by molar-refractivity contribution is 7.17. The minimum absolute atomic E-state index is 0.0345. The molecule has 3 aromatic heterocycles. The lowest BCUT2D eigenvalue weighted by atomic mass is 10.0. The number of hydrogen-bond acceptors (Lipinski definition) is 7. The molecule has 1 N–H and O–H groups in total. The third kappa shape index (κ3) is 4.42. The Hall–Kier alpha value is -3.43. The van der Waals surface area contributed by atoms with Gasteiger partial charge in [-0.15, -0.1) is 11.3 Å². The van der Waals surface area contributed by atoms with Crippen molar-refractivity contribution in [2.24, 2.45) is 0 Å². The number of thiophene rings is 1. The van der Waals surface area contributed by atoms with Gasteiger partial charge in [-0.2, -0.15) is 0 Å². The van der Waals surface area contributed by atoms with Crippen LogP contribution >= 0.6 is 11.3 Å². The first-order valence-electron chi connectivity index (χ1n) is 10.7. The van der Waals surface area contributed by atoms with E-state index in [4.69, 9.17) is 4.74 Å². The van der Waals surface area contributed by atoms with Gasteiger partial charge < -0.3 is 15.0 Å². The monoisotopic (exact) mass is 462 g/mol. The maximum atomic E-state index is 13.5. The Kier molecular flexibility index (Phi) is 5.97. The van der Waals surface area contributed by atoms with E-state index in [0.29, 0.717) is 24.3 Å². The van der Waals surface area contributed by atoms with Gasteiger partial charge in [0, 0.05) is 48.2 Å². The van der Waals surface area contributed by atoms with Gasteiger partial charge in [-0.05, 0) is 42.3 Å². The van der Waals surface area contributed by atoms with Crippen molar-refractivity contribution in [2.75, 3.05) is 13.2 Å². The summed E-state index contributed by atoms with van der Waals surface area (Å²) in [5, 5.41) is 2.91. The number of rotatable bonds is 6. The number of carbonyl (C=O) groups is 3. The Morgan fingerprint density at radius 3 is 2.79 bits per heavy atom. The van der Waals surface area contributed by atoms with Gasteiger partial charge in [0.15, 0.2) is 5.78 Å². The van der Waals surface area contributed by atoms with Crippen LogP contribution in [0.15, 0.2) is 61.2 Å². The Bertz CT molecular complexity index is 1170. The molecular formula is C24H22N4O4S. The molecule has 0 aliphatic carbocycles. The van der Waals surface area contributed by atoms with Crippen molar-refractivity contribution in [1.82, 2.24) is 20.2 Å². The summed E-state index contributed by atoms with van der Waals surface area (Å²) >= 11 is 1.34. The summed E-state index contributed by atoms with van der Waals surface area (Å²) in [5.41, 5.74) is 1.80. The molecular weight excluding hydrogens is 440 g/mol. The zero-order valence-electron chi connectivity index (χ0n) is 17.7. The van der Waals surface area contributed by atoms with Crippen LogP contribution in [-0.2, 0) is 20.7 Å². The molecule has 3 aromatic rings. The third-order valence-electron chi connectivity index (χ3n) is 5.96. The summed E-state index contributed by atoms with van der Waals surface area (Å²) in [7, 11) is 0. The van der Waals surface area contributed by atoms with E-state index in [-0.39, 0.29) is 30.3 Å². The summed E-state index contributed by atoms with van der Waals surface area (Å²) in [4.78, 5) is 50.1. The van der Waals surface area contributed by atoms with Gasteiger partial charge in [0.25, 0.3) is 5.91 Å². The first-order valence-corrected chi connectivity index (χ1v) is 11.6. The second-order valence-corrected chi connectivity index (χ2v) is 9.16. The van der Waals surface area contributed by atoms with Crippen LogP contribution in [-0.4, -0.2) is 63.8 Å². The molecule has 2 amide bonds. The van der Waals surface area contributed by atoms with E-state index in [1.807, 2.05) is 30.3 Å². The topological polar surface area (TPSA) is 101 Å². The van der Waals surface area contributed by atoms with Crippen molar-refractivity contribution in [3.8, 4) is 10.4 Å². The first-order chi connectivity index (χ1) is 16.1. The molecule has 2 aliphatic heterocycles. The minimum Gasteiger partial charge on any atom is -0.368 e. The van der Waals surface area contributed by atoms with Crippen molar-refractivity contribution in [1.29, 1.82) is 0 Å². The lowest BCUT2D eigenvalue weighted by molar-refractivity contribution is -0.138. The molecule has 0 saturated carbocycles. The maximum absolute atomic E-state index is 13.5. The number of amides is 2. The van der Waals surface area contributed by atoms with Gasteiger partial charge in [0.1, 0.15) is 18.7 Å². The number of aromatic nitrogens is 2. The zero-order valence-corrected chi connectivity index (χ0v) is 18.5. The van der Waals surface area contributed by atoms with Crippen molar-refractivity contribution in [3.63, 3.8) is 0 Å². The molecule has 2 fully saturated rings. The number of ether oxygens (including phenoxy) is 1. The summed E-state index contributed by atoms with van der Waals surface area (Å²) in [6.07, 6.45) is 7.42. The van der Waals surface area contributed by atoms with Crippen LogP contribution in [0.2, 0.25) is 0 Å². The maximum Gasteiger partial charge on any atom is 0.262 e. The average Bonchev–Trinajstić information content (AvgIpc) is 3.58. The molecule has 0 bridgehead atoms. The predicted molar refractivity (Wildman–Crippen MR) is 122 cm³/mol. The van der Waals surface area contributed by atoms with Crippen LogP contribution in [0.1, 0.15) is 21.7 Å². The molecule has 3 unspecified atom stereocenters. The average molecular weight is 463 g/mol. The van der Waals surface area contributed by atoms with E-state index in [1.165, 1.54) is 11.3 Å². The molecule has 2 aliphatic rings. The number of nitrogens with zero attached hydrogens (tertiary/aromatic N) is 3. The molecule has 0 aromatic carbocycles. The van der Waals surface area contributed by atoms with Crippen molar-refractivity contribution < 1.29 is 19.1 Å². The Labute approximate surface area is 194 Å². The van der Waals surface area contributed by atoms with Crippen molar-refractivity contribution in [3.05, 3.63) is 71.6 Å². The zero-order chi connectivity index (χ0) is 22.8. The van der Waals surface area contributed by atoms with Crippen LogP contribution in [0.5, 0.6) is 0 Å². The molecule has 168 valence electrons. The second kappa shape index (κ2) is 9.21. The summed E-state index contributed by atoms with van der Waals surface area (Å²) < 4.78 is 5.52. The molecule has 0 radical (unpaired) electrons.